The average Bonchev–Trinajstić information content (AvgIpc) is 3.25. The number of nitrogens with zero attached hydrogens (tertiary/aromatic N) is 2. The Morgan fingerprint density at radius 1 is 1.11 bits per heavy atom. The van der Waals surface area contributed by atoms with Crippen LogP contribution in [-0.2, 0) is 14.3 Å². The van der Waals surface area contributed by atoms with Gasteiger partial charge < -0.3 is 26.6 Å². The fourth-order valence-electron chi connectivity index (χ4n) is 3.54. The molecule has 0 saturated carbocycles. The minimum absolute atomic E-state index is 0.0451. The summed E-state index contributed by atoms with van der Waals surface area (Å²) in [5.74, 6) is -3.00. The first kappa shape index (κ1) is 27.1. The summed E-state index contributed by atoms with van der Waals surface area (Å²) < 4.78 is 8.80. The Hall–Kier alpha value is -4.45. The number of nitrogen functional groups attached to an aromatic ring is 1. The number of amides is 3. The molecule has 0 aliphatic rings. The van der Waals surface area contributed by atoms with Crippen LogP contribution in [0.2, 0.25) is 0 Å². The van der Waals surface area contributed by atoms with Crippen LogP contribution in [0.4, 0.5) is 11.4 Å². The van der Waals surface area contributed by atoms with Crippen molar-refractivity contribution in [2.75, 3.05) is 23.8 Å². The summed E-state index contributed by atoms with van der Waals surface area (Å²) in [6, 6.07) is 9.59. The van der Waals surface area contributed by atoms with Crippen LogP contribution in [0.15, 0.2) is 42.5 Å². The molecule has 6 N–H and O–H groups in total. The number of primary amides is 1. The van der Waals surface area contributed by atoms with Crippen LogP contribution in [0.25, 0.3) is 0 Å². The number of rotatable bonds is 9. The van der Waals surface area contributed by atoms with E-state index in [1.807, 2.05) is 13.8 Å². The molecule has 3 amide bonds. The van der Waals surface area contributed by atoms with Crippen LogP contribution in [-0.4, -0.2) is 46.3 Å². The third-order valence-corrected chi connectivity index (χ3v) is 6.42. The molecule has 0 radical (unpaired) electrons. The second kappa shape index (κ2) is 11.5. The van der Waals surface area contributed by atoms with E-state index in [2.05, 4.69) is 9.69 Å². The molecular weight excluding hydrogens is 498 g/mol. The smallest absolute Gasteiger partial charge is 0.325 e. The van der Waals surface area contributed by atoms with Crippen molar-refractivity contribution in [3.05, 3.63) is 69.7 Å². The third kappa shape index (κ3) is 6.04. The Labute approximate surface area is 217 Å². The minimum atomic E-state index is -1.30. The molecule has 12 heteroatoms. The van der Waals surface area contributed by atoms with Gasteiger partial charge in [-0.3, -0.25) is 24.1 Å². The topological polar surface area (TPSA) is 178 Å². The van der Waals surface area contributed by atoms with Crippen molar-refractivity contribution in [1.82, 2.24) is 9.69 Å². The standard InChI is InChI=1S/C25H27N5O6S/c1-4-36-18(32)12-28-24(34)21(15-6-9-17(31)10-7-15)30(16-8-5-13(2)14(3)11-16)25(35)22-19(26)20(23(27)33)29-37-22/h5-11,21,31H,4,12,26H2,1-3H3,(H2,27,33)(H,28,34)/t21-/m1/s1. The molecule has 2 aromatic carbocycles. The molecule has 1 heterocycles. The Morgan fingerprint density at radius 3 is 2.35 bits per heavy atom. The zero-order valence-electron chi connectivity index (χ0n) is 20.5. The van der Waals surface area contributed by atoms with Crippen molar-refractivity contribution in [3.63, 3.8) is 0 Å². The van der Waals surface area contributed by atoms with Crippen LogP contribution in [0.5, 0.6) is 5.75 Å². The van der Waals surface area contributed by atoms with Crippen LogP contribution in [0.1, 0.15) is 49.8 Å². The summed E-state index contributed by atoms with van der Waals surface area (Å²) in [5, 5.41) is 12.3. The molecule has 0 aliphatic carbocycles. The second-order valence-corrected chi connectivity index (χ2v) is 8.87. The summed E-state index contributed by atoms with van der Waals surface area (Å²) >= 11 is 0.682. The number of phenols is 1. The molecule has 0 spiro atoms. The molecule has 0 fully saturated rings. The fraction of sp³-hybridized carbons (Fsp3) is 0.240. The Kier molecular flexibility index (Phi) is 8.45. The highest BCUT2D eigenvalue weighted by atomic mass is 32.1. The summed E-state index contributed by atoms with van der Waals surface area (Å²) in [5.41, 5.74) is 13.4. The van der Waals surface area contributed by atoms with Crippen molar-refractivity contribution >= 4 is 46.6 Å². The van der Waals surface area contributed by atoms with Gasteiger partial charge in [-0.25, -0.2) is 0 Å². The number of nitrogens with two attached hydrogens (primary N) is 2. The number of ether oxygens (including phenoxy) is 1. The van der Waals surface area contributed by atoms with E-state index in [1.54, 1.807) is 25.1 Å². The molecule has 3 rings (SSSR count). The van der Waals surface area contributed by atoms with Crippen molar-refractivity contribution in [3.8, 4) is 5.75 Å². The molecule has 1 aromatic heterocycles. The van der Waals surface area contributed by atoms with Gasteiger partial charge in [-0.15, -0.1) is 0 Å². The van der Waals surface area contributed by atoms with E-state index in [0.29, 0.717) is 22.8 Å². The fourth-order valence-corrected chi connectivity index (χ4v) is 4.28. The van der Waals surface area contributed by atoms with Crippen molar-refractivity contribution in [2.24, 2.45) is 5.73 Å². The van der Waals surface area contributed by atoms with Gasteiger partial charge in [0.2, 0.25) is 5.91 Å². The quantitative estimate of drug-likeness (QED) is 0.307. The maximum absolute atomic E-state index is 14.0. The Balaban J connectivity index is 2.18. The molecule has 3 aromatic rings. The molecule has 194 valence electrons. The van der Waals surface area contributed by atoms with Crippen molar-refractivity contribution < 1.29 is 29.0 Å². The van der Waals surface area contributed by atoms with Gasteiger partial charge in [-0.1, -0.05) is 18.2 Å². The number of aryl methyl sites for hydroxylation is 2. The maximum Gasteiger partial charge on any atom is 0.325 e. The van der Waals surface area contributed by atoms with Crippen molar-refractivity contribution in [2.45, 2.75) is 26.8 Å². The van der Waals surface area contributed by atoms with E-state index in [4.69, 9.17) is 16.2 Å². The number of esters is 1. The molecule has 0 bridgehead atoms. The highest BCUT2D eigenvalue weighted by Gasteiger charge is 2.36. The van der Waals surface area contributed by atoms with Gasteiger partial charge in [0.15, 0.2) is 5.69 Å². The van der Waals surface area contributed by atoms with E-state index in [0.717, 1.165) is 11.1 Å². The lowest BCUT2D eigenvalue weighted by Gasteiger charge is -2.31. The normalized spacial score (nSPS) is 11.4. The van der Waals surface area contributed by atoms with Crippen molar-refractivity contribution in [1.29, 1.82) is 0 Å². The van der Waals surface area contributed by atoms with Gasteiger partial charge >= 0.3 is 5.97 Å². The number of benzene rings is 2. The van der Waals surface area contributed by atoms with Gasteiger partial charge in [-0.2, -0.15) is 4.37 Å². The first-order valence-corrected chi connectivity index (χ1v) is 12.0. The number of carbonyl (C=O) groups is 4. The van der Waals surface area contributed by atoms with Crippen LogP contribution in [0.3, 0.4) is 0 Å². The molecule has 37 heavy (non-hydrogen) atoms. The Bertz CT molecular complexity index is 1340. The lowest BCUT2D eigenvalue weighted by atomic mass is 10.0. The number of anilines is 2. The predicted molar refractivity (Wildman–Crippen MR) is 138 cm³/mol. The van der Waals surface area contributed by atoms with E-state index in [-0.39, 0.29) is 28.6 Å². The number of nitrogens with one attached hydrogen (secondary N) is 1. The zero-order valence-corrected chi connectivity index (χ0v) is 21.3. The van der Waals surface area contributed by atoms with Gasteiger partial charge in [0.25, 0.3) is 11.8 Å². The molecule has 0 saturated heterocycles. The van der Waals surface area contributed by atoms with Crippen LogP contribution in [0, 0.1) is 13.8 Å². The number of aromatic hydroxyl groups is 1. The van der Waals surface area contributed by atoms with Gasteiger partial charge in [0.1, 0.15) is 23.2 Å². The molecule has 11 nitrogen and oxygen atoms in total. The minimum Gasteiger partial charge on any atom is -0.508 e. The Morgan fingerprint density at radius 2 is 1.78 bits per heavy atom. The predicted octanol–water partition coefficient (Wildman–Crippen LogP) is 2.21. The summed E-state index contributed by atoms with van der Waals surface area (Å²) in [6.45, 7) is 5.10. The number of hydrogen-bond acceptors (Lipinski definition) is 9. The van der Waals surface area contributed by atoms with E-state index >= 15 is 0 Å². The molecular formula is C25H27N5O6S. The maximum atomic E-state index is 14.0. The van der Waals surface area contributed by atoms with E-state index < -0.39 is 36.3 Å². The monoisotopic (exact) mass is 525 g/mol. The largest absolute Gasteiger partial charge is 0.508 e. The highest BCUT2D eigenvalue weighted by molar-refractivity contribution is 7.09. The molecule has 0 aliphatic heterocycles. The number of aromatic nitrogens is 1. The lowest BCUT2D eigenvalue weighted by Crippen LogP contribution is -2.45. The number of hydrogen-bond donors (Lipinski definition) is 4. The first-order valence-electron chi connectivity index (χ1n) is 11.2. The molecule has 1 atom stereocenters. The van der Waals surface area contributed by atoms with Gasteiger partial charge in [-0.05, 0) is 73.3 Å². The molecule has 0 unspecified atom stereocenters. The van der Waals surface area contributed by atoms with Gasteiger partial charge in [0.05, 0.1) is 12.3 Å². The van der Waals surface area contributed by atoms with Crippen LogP contribution < -0.4 is 21.7 Å². The van der Waals surface area contributed by atoms with Gasteiger partial charge in [0, 0.05) is 5.69 Å². The van der Waals surface area contributed by atoms with E-state index in [9.17, 15) is 24.3 Å². The zero-order chi connectivity index (χ0) is 27.3. The lowest BCUT2D eigenvalue weighted by molar-refractivity contribution is -0.143. The SMILES string of the molecule is CCOC(=O)CNC(=O)[C@@H](c1ccc(O)cc1)N(C(=O)c1snc(C(N)=O)c1N)c1ccc(C)c(C)c1. The first-order chi connectivity index (χ1) is 17.5. The average molecular weight is 526 g/mol. The highest BCUT2D eigenvalue weighted by Crippen LogP contribution is 2.34. The van der Waals surface area contributed by atoms with E-state index in [1.165, 1.54) is 29.2 Å². The number of phenolic OH excluding ortho intramolecular Hbond substituents is 1. The second-order valence-electron chi connectivity index (χ2n) is 8.10. The third-order valence-electron chi connectivity index (χ3n) is 5.57. The summed E-state index contributed by atoms with van der Waals surface area (Å²) in [6.07, 6.45) is 0. The summed E-state index contributed by atoms with van der Waals surface area (Å²) in [4.78, 5) is 52.3. The number of carbonyl (C=O) groups excluding carboxylic acids is 4. The van der Waals surface area contributed by atoms with Crippen LogP contribution >= 0.6 is 11.5 Å². The summed E-state index contributed by atoms with van der Waals surface area (Å²) in [7, 11) is 0.